The number of amides is 2. The number of rotatable bonds is 4. The van der Waals surface area contributed by atoms with Crippen molar-refractivity contribution in [3.05, 3.63) is 18.0 Å². The Morgan fingerprint density at radius 3 is 2.52 bits per heavy atom. The number of alkyl halides is 3. The lowest BCUT2D eigenvalue weighted by Crippen LogP contribution is -2.45. The van der Waals surface area contributed by atoms with Crippen molar-refractivity contribution >= 4 is 12.0 Å². The van der Waals surface area contributed by atoms with Crippen LogP contribution >= 0.6 is 0 Å². The topological polar surface area (TPSA) is 87.5 Å². The summed E-state index contributed by atoms with van der Waals surface area (Å²) in [5.74, 6) is -0.997. The molecule has 1 aromatic rings. The molecule has 1 aliphatic heterocycles. The van der Waals surface area contributed by atoms with E-state index in [1.54, 1.807) is 0 Å². The molecule has 23 heavy (non-hydrogen) atoms. The molecule has 0 unspecified atom stereocenters. The second-order valence-electron chi connectivity index (χ2n) is 5.27. The van der Waals surface area contributed by atoms with Gasteiger partial charge < -0.3 is 15.3 Å². The molecular formula is C13H17F3N4O3. The van der Waals surface area contributed by atoms with E-state index in [0.29, 0.717) is 25.9 Å². The summed E-state index contributed by atoms with van der Waals surface area (Å²) in [5, 5.41) is 14.6. The quantitative estimate of drug-likeness (QED) is 0.878. The predicted molar refractivity (Wildman–Crippen MR) is 72.7 cm³/mol. The Balaban J connectivity index is 1.83. The van der Waals surface area contributed by atoms with Crippen LogP contribution < -0.4 is 5.32 Å². The zero-order valence-corrected chi connectivity index (χ0v) is 12.2. The van der Waals surface area contributed by atoms with Gasteiger partial charge in [-0.1, -0.05) is 0 Å². The number of nitrogens with zero attached hydrogens (tertiary/aromatic N) is 3. The fourth-order valence-electron chi connectivity index (χ4n) is 2.41. The van der Waals surface area contributed by atoms with Gasteiger partial charge in [0, 0.05) is 25.8 Å². The summed E-state index contributed by atoms with van der Waals surface area (Å²) in [6.45, 7) is 0.803. The van der Waals surface area contributed by atoms with Crippen LogP contribution in [0.3, 0.4) is 0 Å². The van der Waals surface area contributed by atoms with E-state index in [1.165, 1.54) is 15.8 Å². The van der Waals surface area contributed by atoms with Gasteiger partial charge in [0.15, 0.2) is 5.69 Å². The molecule has 0 radical (unpaired) electrons. The zero-order valence-electron chi connectivity index (χ0n) is 12.2. The highest BCUT2D eigenvalue weighted by Crippen LogP contribution is 2.29. The molecule has 0 aliphatic carbocycles. The molecule has 2 heterocycles. The fourth-order valence-corrected chi connectivity index (χ4v) is 2.41. The highest BCUT2D eigenvalue weighted by Gasteiger charge is 2.34. The summed E-state index contributed by atoms with van der Waals surface area (Å²) in [5.41, 5.74) is -0.925. The number of hydrogen-bond acceptors (Lipinski definition) is 3. The molecule has 0 atom stereocenters. The molecule has 7 nitrogen and oxygen atoms in total. The molecule has 0 aromatic carbocycles. The molecule has 1 aliphatic rings. The standard InChI is InChI=1S/C13H17F3N4O3/c14-13(15,16)10-4-8-20(18-10)9-2-6-19(7-3-9)12(23)17-5-1-11(21)22/h4,8-9H,1-3,5-7H2,(H,17,23)(H,21,22). The molecule has 1 aromatic heterocycles. The number of piperidine rings is 1. The normalized spacial score (nSPS) is 16.4. The molecule has 2 rings (SSSR count). The first-order chi connectivity index (χ1) is 10.8. The van der Waals surface area contributed by atoms with Crippen molar-refractivity contribution < 1.29 is 27.9 Å². The van der Waals surface area contributed by atoms with Gasteiger partial charge in [-0.2, -0.15) is 18.3 Å². The SMILES string of the molecule is O=C(O)CCNC(=O)N1CCC(n2ccc(C(F)(F)F)n2)CC1. The van der Waals surface area contributed by atoms with Crippen molar-refractivity contribution in [1.29, 1.82) is 0 Å². The van der Waals surface area contributed by atoms with Crippen LogP contribution in [0, 0.1) is 0 Å². The van der Waals surface area contributed by atoms with Gasteiger partial charge in [-0.05, 0) is 18.9 Å². The van der Waals surface area contributed by atoms with E-state index in [1.807, 2.05) is 0 Å². The van der Waals surface area contributed by atoms with Crippen LogP contribution in [0.15, 0.2) is 12.3 Å². The summed E-state index contributed by atoms with van der Waals surface area (Å²) >= 11 is 0. The molecule has 0 saturated carbocycles. The number of carbonyl (C=O) groups excluding carboxylic acids is 1. The van der Waals surface area contributed by atoms with E-state index in [4.69, 9.17) is 5.11 Å². The number of aromatic nitrogens is 2. The number of urea groups is 1. The minimum absolute atomic E-state index is 0.0438. The third-order valence-corrected chi connectivity index (χ3v) is 3.64. The zero-order chi connectivity index (χ0) is 17.0. The van der Waals surface area contributed by atoms with Gasteiger partial charge in [0.05, 0.1) is 12.5 Å². The first-order valence-corrected chi connectivity index (χ1v) is 7.14. The Labute approximate surface area is 130 Å². The Kier molecular flexibility index (Phi) is 5.12. The maximum absolute atomic E-state index is 12.5. The van der Waals surface area contributed by atoms with Crippen LogP contribution in [-0.2, 0) is 11.0 Å². The second-order valence-corrected chi connectivity index (χ2v) is 5.27. The van der Waals surface area contributed by atoms with E-state index in [2.05, 4.69) is 10.4 Å². The van der Waals surface area contributed by atoms with Crippen LogP contribution in [0.5, 0.6) is 0 Å². The minimum atomic E-state index is -4.46. The summed E-state index contributed by atoms with van der Waals surface area (Å²) in [6.07, 6.45) is -2.33. The Bertz CT molecular complexity index is 565. The molecule has 1 saturated heterocycles. The van der Waals surface area contributed by atoms with Crippen LogP contribution in [0.2, 0.25) is 0 Å². The van der Waals surface area contributed by atoms with Crippen LogP contribution in [0.25, 0.3) is 0 Å². The fraction of sp³-hybridized carbons (Fsp3) is 0.615. The Hall–Kier alpha value is -2.26. The molecule has 1 fully saturated rings. The number of carbonyl (C=O) groups is 2. The second kappa shape index (κ2) is 6.88. The molecular weight excluding hydrogens is 317 g/mol. The number of carboxylic acid groups (broad SMARTS) is 1. The lowest BCUT2D eigenvalue weighted by atomic mass is 10.1. The average molecular weight is 334 g/mol. The van der Waals surface area contributed by atoms with E-state index < -0.39 is 17.8 Å². The highest BCUT2D eigenvalue weighted by molar-refractivity contribution is 5.75. The predicted octanol–water partition coefficient (Wildman–Crippen LogP) is 1.72. The smallest absolute Gasteiger partial charge is 0.435 e. The molecule has 0 spiro atoms. The summed E-state index contributed by atoms with van der Waals surface area (Å²) in [7, 11) is 0. The van der Waals surface area contributed by atoms with Gasteiger partial charge in [0.25, 0.3) is 0 Å². The maximum atomic E-state index is 12.5. The minimum Gasteiger partial charge on any atom is -0.481 e. The Morgan fingerprint density at radius 1 is 1.35 bits per heavy atom. The van der Waals surface area contributed by atoms with E-state index >= 15 is 0 Å². The molecule has 10 heteroatoms. The average Bonchev–Trinajstić information content (AvgIpc) is 2.97. The van der Waals surface area contributed by atoms with Crippen molar-refractivity contribution in [1.82, 2.24) is 20.0 Å². The number of hydrogen-bond donors (Lipinski definition) is 2. The number of halogens is 3. The number of carboxylic acids is 1. The third-order valence-electron chi connectivity index (χ3n) is 3.64. The number of aliphatic carboxylic acids is 1. The lowest BCUT2D eigenvalue weighted by Gasteiger charge is -2.32. The van der Waals surface area contributed by atoms with Crippen LogP contribution in [0.4, 0.5) is 18.0 Å². The monoisotopic (exact) mass is 334 g/mol. The van der Waals surface area contributed by atoms with Gasteiger partial charge in [0.1, 0.15) is 0 Å². The van der Waals surface area contributed by atoms with Crippen molar-refractivity contribution in [3.63, 3.8) is 0 Å². The number of nitrogens with one attached hydrogen (secondary N) is 1. The van der Waals surface area contributed by atoms with Gasteiger partial charge >= 0.3 is 18.2 Å². The maximum Gasteiger partial charge on any atom is 0.435 e. The van der Waals surface area contributed by atoms with E-state index in [9.17, 15) is 22.8 Å². The van der Waals surface area contributed by atoms with Gasteiger partial charge in [-0.25, -0.2) is 4.79 Å². The summed E-state index contributed by atoms with van der Waals surface area (Å²) in [4.78, 5) is 23.7. The van der Waals surface area contributed by atoms with Gasteiger partial charge in [0.2, 0.25) is 0 Å². The van der Waals surface area contributed by atoms with Crippen LogP contribution in [0.1, 0.15) is 31.0 Å². The highest BCUT2D eigenvalue weighted by atomic mass is 19.4. The van der Waals surface area contributed by atoms with Gasteiger partial charge in [-0.3, -0.25) is 9.48 Å². The third kappa shape index (κ3) is 4.60. The van der Waals surface area contributed by atoms with E-state index in [0.717, 1.165) is 6.07 Å². The largest absolute Gasteiger partial charge is 0.481 e. The van der Waals surface area contributed by atoms with E-state index in [-0.39, 0.29) is 25.0 Å². The first-order valence-electron chi connectivity index (χ1n) is 7.14. The number of likely N-dealkylation sites (tertiary alicyclic amines) is 1. The Morgan fingerprint density at radius 2 is 2.00 bits per heavy atom. The molecule has 2 N–H and O–H groups in total. The molecule has 128 valence electrons. The molecule has 0 bridgehead atoms. The van der Waals surface area contributed by atoms with Crippen molar-refractivity contribution in [2.45, 2.75) is 31.5 Å². The van der Waals surface area contributed by atoms with Crippen molar-refractivity contribution in [2.75, 3.05) is 19.6 Å². The summed E-state index contributed by atoms with van der Waals surface area (Å²) < 4.78 is 38.9. The summed E-state index contributed by atoms with van der Waals surface area (Å²) in [6, 6.07) is 0.389. The van der Waals surface area contributed by atoms with Gasteiger partial charge in [-0.15, -0.1) is 0 Å². The van der Waals surface area contributed by atoms with Crippen molar-refractivity contribution in [2.24, 2.45) is 0 Å². The lowest BCUT2D eigenvalue weighted by molar-refractivity contribution is -0.141. The molecule has 2 amide bonds. The van der Waals surface area contributed by atoms with Crippen molar-refractivity contribution in [3.8, 4) is 0 Å². The van der Waals surface area contributed by atoms with Crippen LogP contribution in [-0.4, -0.2) is 51.4 Å². The first kappa shape index (κ1) is 17.1.